The second-order valence-corrected chi connectivity index (χ2v) is 3.34. The Labute approximate surface area is 87.6 Å². The fraction of sp³-hybridized carbons (Fsp3) is 0.400. The zero-order chi connectivity index (χ0) is 11.3. The van der Waals surface area contributed by atoms with Gasteiger partial charge in [-0.25, -0.2) is 0 Å². The number of benzene rings is 1. The molecule has 0 radical (unpaired) electrons. The normalized spacial score (nSPS) is 14.1. The molecule has 0 heterocycles. The fourth-order valence-corrected chi connectivity index (χ4v) is 1.30. The lowest BCUT2D eigenvalue weighted by atomic mass is 10.0. The van der Waals surface area contributed by atoms with Gasteiger partial charge >= 0.3 is 0 Å². The van der Waals surface area contributed by atoms with Crippen molar-refractivity contribution in [2.24, 2.45) is 5.11 Å². The first-order valence-electron chi connectivity index (χ1n) is 4.58. The number of aryl methyl sites for hydroxylation is 1. The lowest BCUT2D eigenvalue weighted by Crippen LogP contribution is -2.21. The molecule has 2 atom stereocenters. The Morgan fingerprint density at radius 2 is 2.20 bits per heavy atom. The van der Waals surface area contributed by atoms with Gasteiger partial charge in [0.1, 0.15) is 6.10 Å². The van der Waals surface area contributed by atoms with Crippen LogP contribution in [0, 0.1) is 6.92 Å². The van der Waals surface area contributed by atoms with Crippen LogP contribution in [0.25, 0.3) is 10.4 Å². The number of rotatable bonds is 4. The van der Waals surface area contributed by atoms with Gasteiger partial charge in [0.2, 0.25) is 0 Å². The highest BCUT2D eigenvalue weighted by molar-refractivity contribution is 5.24. The van der Waals surface area contributed by atoms with Crippen LogP contribution in [0.2, 0.25) is 0 Å². The van der Waals surface area contributed by atoms with Crippen molar-refractivity contribution in [3.05, 3.63) is 45.8 Å². The van der Waals surface area contributed by atoms with Crippen LogP contribution in [0.1, 0.15) is 17.2 Å². The predicted octanol–water partition coefficient (Wildman–Crippen LogP) is 1.70. The van der Waals surface area contributed by atoms with Gasteiger partial charge in [-0.1, -0.05) is 34.9 Å². The maximum Gasteiger partial charge on any atom is 0.105 e. The van der Waals surface area contributed by atoms with Crippen molar-refractivity contribution in [2.75, 3.05) is 6.54 Å². The van der Waals surface area contributed by atoms with Crippen LogP contribution in [0.4, 0.5) is 0 Å². The summed E-state index contributed by atoms with van der Waals surface area (Å²) in [5, 5.41) is 22.4. The van der Waals surface area contributed by atoms with Gasteiger partial charge in [-0.2, -0.15) is 0 Å². The van der Waals surface area contributed by atoms with Crippen LogP contribution >= 0.6 is 0 Å². The molecule has 80 valence electrons. The van der Waals surface area contributed by atoms with Crippen molar-refractivity contribution in [3.63, 3.8) is 0 Å². The lowest BCUT2D eigenvalue weighted by molar-refractivity contribution is 0.0244. The molecule has 1 aromatic carbocycles. The lowest BCUT2D eigenvalue weighted by Gasteiger charge is -2.16. The molecule has 5 heteroatoms. The number of hydrogen-bond acceptors (Lipinski definition) is 3. The van der Waals surface area contributed by atoms with Gasteiger partial charge in [-0.05, 0) is 18.0 Å². The standard InChI is InChI=1S/C10H13N3O2/c1-7-3-2-4-8(5-7)10(15)9(14)6-12-13-11/h2-5,9-10,14-15H,6H2,1H3. The van der Waals surface area contributed by atoms with Gasteiger partial charge in [0.25, 0.3) is 0 Å². The maximum absolute atomic E-state index is 9.71. The SMILES string of the molecule is Cc1cccc(C(O)C(O)CN=[N+]=[N-])c1. The van der Waals surface area contributed by atoms with E-state index in [1.54, 1.807) is 18.2 Å². The summed E-state index contributed by atoms with van der Waals surface area (Å²) in [5.41, 5.74) is 9.70. The first-order chi connectivity index (χ1) is 7.15. The van der Waals surface area contributed by atoms with Gasteiger partial charge in [-0.15, -0.1) is 0 Å². The molecule has 2 unspecified atom stereocenters. The Kier molecular flexibility index (Phi) is 4.12. The van der Waals surface area contributed by atoms with Crippen molar-refractivity contribution in [2.45, 2.75) is 19.1 Å². The van der Waals surface area contributed by atoms with Crippen molar-refractivity contribution >= 4 is 0 Å². The number of aliphatic hydroxyl groups excluding tert-OH is 2. The Bertz CT molecular complexity index is 375. The van der Waals surface area contributed by atoms with Crippen molar-refractivity contribution in [1.82, 2.24) is 0 Å². The summed E-state index contributed by atoms with van der Waals surface area (Å²) in [6.07, 6.45) is -2.09. The summed E-state index contributed by atoms with van der Waals surface area (Å²) in [7, 11) is 0. The molecule has 15 heavy (non-hydrogen) atoms. The van der Waals surface area contributed by atoms with E-state index < -0.39 is 12.2 Å². The van der Waals surface area contributed by atoms with E-state index in [4.69, 9.17) is 5.53 Å². The summed E-state index contributed by atoms with van der Waals surface area (Å²) < 4.78 is 0. The van der Waals surface area contributed by atoms with Crippen molar-refractivity contribution in [1.29, 1.82) is 0 Å². The van der Waals surface area contributed by atoms with Gasteiger partial charge < -0.3 is 10.2 Å². The van der Waals surface area contributed by atoms with E-state index in [0.717, 1.165) is 5.56 Å². The minimum atomic E-state index is -1.07. The first kappa shape index (κ1) is 11.5. The van der Waals surface area contributed by atoms with Gasteiger partial charge in [0.05, 0.1) is 12.6 Å². The highest BCUT2D eigenvalue weighted by Crippen LogP contribution is 2.18. The van der Waals surface area contributed by atoms with Crippen LogP contribution < -0.4 is 0 Å². The van der Waals surface area contributed by atoms with Crippen LogP contribution in [-0.4, -0.2) is 22.9 Å². The molecule has 1 rings (SSSR count). The molecular formula is C10H13N3O2. The molecule has 1 aromatic rings. The molecule has 0 aliphatic carbocycles. The van der Waals surface area contributed by atoms with Crippen LogP contribution in [-0.2, 0) is 0 Å². The first-order valence-corrected chi connectivity index (χ1v) is 4.58. The second-order valence-electron chi connectivity index (χ2n) is 3.34. The quantitative estimate of drug-likeness (QED) is 0.447. The number of hydrogen-bond donors (Lipinski definition) is 2. The Morgan fingerprint density at radius 3 is 2.80 bits per heavy atom. The monoisotopic (exact) mass is 207 g/mol. The third-order valence-corrected chi connectivity index (χ3v) is 2.08. The van der Waals surface area contributed by atoms with E-state index in [-0.39, 0.29) is 6.54 Å². The average Bonchev–Trinajstić information content (AvgIpc) is 2.24. The third-order valence-electron chi connectivity index (χ3n) is 2.08. The van der Waals surface area contributed by atoms with E-state index in [0.29, 0.717) is 5.56 Å². The number of azide groups is 1. The minimum absolute atomic E-state index is 0.133. The molecule has 0 fully saturated rings. The van der Waals surface area contributed by atoms with Crippen LogP contribution in [0.5, 0.6) is 0 Å². The summed E-state index contributed by atoms with van der Waals surface area (Å²) in [6.45, 7) is 1.77. The Balaban J connectivity index is 2.75. The van der Waals surface area contributed by atoms with Gasteiger partial charge in [-0.3, -0.25) is 0 Å². The highest BCUT2D eigenvalue weighted by Gasteiger charge is 2.17. The molecule has 0 bridgehead atoms. The largest absolute Gasteiger partial charge is 0.390 e. The van der Waals surface area contributed by atoms with Crippen LogP contribution in [0.15, 0.2) is 29.4 Å². The zero-order valence-corrected chi connectivity index (χ0v) is 8.41. The molecule has 5 nitrogen and oxygen atoms in total. The van der Waals surface area contributed by atoms with Crippen molar-refractivity contribution < 1.29 is 10.2 Å². The summed E-state index contributed by atoms with van der Waals surface area (Å²) in [4.78, 5) is 2.52. The zero-order valence-electron chi connectivity index (χ0n) is 8.41. The topological polar surface area (TPSA) is 89.2 Å². The van der Waals surface area contributed by atoms with E-state index >= 15 is 0 Å². The van der Waals surface area contributed by atoms with E-state index in [9.17, 15) is 10.2 Å². The molecule has 0 saturated carbocycles. The molecule has 0 aromatic heterocycles. The molecule has 2 N–H and O–H groups in total. The molecule has 0 aliphatic heterocycles. The molecular weight excluding hydrogens is 194 g/mol. The van der Waals surface area contributed by atoms with Crippen LogP contribution in [0.3, 0.4) is 0 Å². The van der Waals surface area contributed by atoms with Gasteiger partial charge in [0, 0.05) is 4.91 Å². The number of aliphatic hydroxyl groups is 2. The fourth-order valence-electron chi connectivity index (χ4n) is 1.30. The summed E-state index contributed by atoms with van der Waals surface area (Å²) in [5.74, 6) is 0. The second kappa shape index (κ2) is 5.36. The minimum Gasteiger partial charge on any atom is -0.390 e. The van der Waals surface area contributed by atoms with E-state index in [1.807, 2.05) is 13.0 Å². The van der Waals surface area contributed by atoms with Crippen molar-refractivity contribution in [3.8, 4) is 0 Å². The maximum atomic E-state index is 9.71. The third kappa shape index (κ3) is 3.25. The molecule has 0 amide bonds. The molecule has 0 aliphatic rings. The molecule has 0 spiro atoms. The molecule has 0 saturated heterocycles. The Morgan fingerprint density at radius 1 is 1.47 bits per heavy atom. The predicted molar refractivity (Wildman–Crippen MR) is 56.2 cm³/mol. The average molecular weight is 207 g/mol. The number of nitrogens with zero attached hydrogens (tertiary/aromatic N) is 3. The highest BCUT2D eigenvalue weighted by atomic mass is 16.3. The summed E-state index contributed by atoms with van der Waals surface area (Å²) >= 11 is 0. The summed E-state index contributed by atoms with van der Waals surface area (Å²) in [6, 6.07) is 7.20. The van der Waals surface area contributed by atoms with E-state index in [1.165, 1.54) is 0 Å². The smallest absolute Gasteiger partial charge is 0.105 e. The van der Waals surface area contributed by atoms with E-state index in [2.05, 4.69) is 10.0 Å². The van der Waals surface area contributed by atoms with Gasteiger partial charge in [0.15, 0.2) is 0 Å². The Hall–Kier alpha value is -1.55.